The molecule has 0 spiro atoms. The summed E-state index contributed by atoms with van der Waals surface area (Å²) in [4.78, 5) is 23.4. The molecule has 1 saturated heterocycles. The van der Waals surface area contributed by atoms with Gasteiger partial charge in [0.15, 0.2) is 0 Å². The summed E-state index contributed by atoms with van der Waals surface area (Å²) in [6.07, 6.45) is 1.27. The van der Waals surface area contributed by atoms with Gasteiger partial charge in [-0.25, -0.2) is 9.18 Å². The fourth-order valence-electron chi connectivity index (χ4n) is 2.30. The highest BCUT2D eigenvalue weighted by Gasteiger charge is 2.35. The Balaban J connectivity index is 2.25. The van der Waals surface area contributed by atoms with Gasteiger partial charge in [-0.05, 0) is 38.1 Å². The number of para-hydroxylation sites is 1. The molecule has 1 aromatic rings. The van der Waals surface area contributed by atoms with Crippen LogP contribution in [0.25, 0.3) is 0 Å². The lowest BCUT2D eigenvalue weighted by Gasteiger charge is -2.32. The zero-order chi connectivity index (χ0) is 14.8. The molecule has 0 unspecified atom stereocenters. The SMILES string of the molecule is CC1(C(=O)Nc2c(F)cccc2C(=O)O)CCNCC1. The first-order valence-corrected chi connectivity index (χ1v) is 6.48. The van der Waals surface area contributed by atoms with Crippen molar-refractivity contribution < 1.29 is 19.1 Å². The molecule has 1 heterocycles. The predicted octanol–water partition coefficient (Wildman–Crippen LogP) is 1.85. The molecular formula is C14H17FN2O3. The summed E-state index contributed by atoms with van der Waals surface area (Å²) in [5.41, 5.74) is -1.11. The molecule has 1 aliphatic heterocycles. The molecule has 0 radical (unpaired) electrons. The summed E-state index contributed by atoms with van der Waals surface area (Å²) < 4.78 is 13.8. The number of aromatic carboxylic acids is 1. The van der Waals surface area contributed by atoms with E-state index in [1.807, 2.05) is 6.92 Å². The molecule has 6 heteroatoms. The van der Waals surface area contributed by atoms with E-state index < -0.39 is 17.2 Å². The average Bonchev–Trinajstić information content (AvgIpc) is 2.41. The van der Waals surface area contributed by atoms with E-state index in [4.69, 9.17) is 5.11 Å². The van der Waals surface area contributed by atoms with Gasteiger partial charge in [-0.3, -0.25) is 4.79 Å². The van der Waals surface area contributed by atoms with Gasteiger partial charge in [-0.1, -0.05) is 13.0 Å². The minimum atomic E-state index is -1.27. The van der Waals surface area contributed by atoms with Gasteiger partial charge in [0.1, 0.15) is 5.82 Å². The summed E-state index contributed by atoms with van der Waals surface area (Å²) in [6.45, 7) is 3.24. The van der Waals surface area contributed by atoms with E-state index >= 15 is 0 Å². The van der Waals surface area contributed by atoms with Gasteiger partial charge < -0.3 is 15.7 Å². The first-order chi connectivity index (χ1) is 9.44. The van der Waals surface area contributed by atoms with Gasteiger partial charge in [-0.2, -0.15) is 0 Å². The smallest absolute Gasteiger partial charge is 0.337 e. The number of nitrogens with one attached hydrogen (secondary N) is 2. The maximum atomic E-state index is 13.8. The lowest BCUT2D eigenvalue weighted by atomic mass is 9.80. The second-order valence-corrected chi connectivity index (χ2v) is 5.23. The molecule has 5 nitrogen and oxygen atoms in total. The number of piperidine rings is 1. The third-order valence-electron chi connectivity index (χ3n) is 3.74. The van der Waals surface area contributed by atoms with E-state index in [2.05, 4.69) is 10.6 Å². The van der Waals surface area contributed by atoms with Gasteiger partial charge in [0.25, 0.3) is 0 Å². The highest BCUT2D eigenvalue weighted by Crippen LogP contribution is 2.31. The molecule has 0 atom stereocenters. The molecule has 0 aromatic heterocycles. The van der Waals surface area contributed by atoms with Crippen molar-refractivity contribution in [3.05, 3.63) is 29.6 Å². The quantitative estimate of drug-likeness (QED) is 0.789. The summed E-state index contributed by atoms with van der Waals surface area (Å²) in [5.74, 6) is -2.35. The Hall–Kier alpha value is -1.95. The molecular weight excluding hydrogens is 263 g/mol. The third kappa shape index (κ3) is 2.80. The minimum absolute atomic E-state index is 0.240. The Bertz CT molecular complexity index is 539. The zero-order valence-electron chi connectivity index (χ0n) is 11.2. The van der Waals surface area contributed by atoms with Crippen molar-refractivity contribution in [3.63, 3.8) is 0 Å². The first-order valence-electron chi connectivity index (χ1n) is 6.48. The number of halogens is 1. The standard InChI is InChI=1S/C14H17FN2O3/c1-14(5-7-16-8-6-14)13(20)17-11-9(12(18)19)3-2-4-10(11)15/h2-4,16H,5-8H2,1H3,(H,17,20)(H,18,19). The van der Waals surface area contributed by atoms with Crippen LogP contribution in [0.3, 0.4) is 0 Å². The Labute approximate surface area is 116 Å². The van der Waals surface area contributed by atoms with E-state index in [9.17, 15) is 14.0 Å². The third-order valence-corrected chi connectivity index (χ3v) is 3.74. The monoisotopic (exact) mass is 280 g/mol. The molecule has 1 aliphatic rings. The van der Waals surface area contributed by atoms with Gasteiger partial charge in [0, 0.05) is 5.41 Å². The Morgan fingerprint density at radius 1 is 1.35 bits per heavy atom. The summed E-state index contributed by atoms with van der Waals surface area (Å²) >= 11 is 0. The van der Waals surface area contributed by atoms with Crippen LogP contribution in [0.15, 0.2) is 18.2 Å². The number of benzene rings is 1. The van der Waals surface area contributed by atoms with Gasteiger partial charge in [0.2, 0.25) is 5.91 Å². The molecule has 0 aliphatic carbocycles. The van der Waals surface area contributed by atoms with Crippen LogP contribution in [-0.2, 0) is 4.79 Å². The van der Waals surface area contributed by atoms with Crippen molar-refractivity contribution in [2.45, 2.75) is 19.8 Å². The van der Waals surface area contributed by atoms with Crippen molar-refractivity contribution in [2.24, 2.45) is 5.41 Å². The Morgan fingerprint density at radius 3 is 2.60 bits per heavy atom. The number of carbonyl (C=O) groups is 2. The fourth-order valence-corrected chi connectivity index (χ4v) is 2.30. The van der Waals surface area contributed by atoms with Crippen molar-refractivity contribution in [3.8, 4) is 0 Å². The van der Waals surface area contributed by atoms with E-state index in [-0.39, 0.29) is 17.2 Å². The topological polar surface area (TPSA) is 78.4 Å². The molecule has 108 valence electrons. The Kier molecular flexibility index (Phi) is 4.04. The summed E-state index contributed by atoms with van der Waals surface area (Å²) in [5, 5.41) is 14.6. The molecule has 20 heavy (non-hydrogen) atoms. The van der Waals surface area contributed by atoms with Gasteiger partial charge in [-0.15, -0.1) is 0 Å². The van der Waals surface area contributed by atoms with Crippen molar-refractivity contribution >= 4 is 17.6 Å². The van der Waals surface area contributed by atoms with Crippen LogP contribution >= 0.6 is 0 Å². The summed E-state index contributed by atoms with van der Waals surface area (Å²) in [6, 6.07) is 3.71. The molecule has 1 fully saturated rings. The zero-order valence-corrected chi connectivity index (χ0v) is 11.2. The number of hydrogen-bond donors (Lipinski definition) is 3. The van der Waals surface area contributed by atoms with Crippen LogP contribution in [0, 0.1) is 11.2 Å². The molecule has 2 rings (SSSR count). The average molecular weight is 280 g/mol. The van der Waals surface area contributed by atoms with E-state index in [1.54, 1.807) is 0 Å². The highest BCUT2D eigenvalue weighted by molar-refractivity contribution is 6.02. The number of amides is 1. The van der Waals surface area contributed by atoms with Gasteiger partial charge in [0.05, 0.1) is 11.3 Å². The lowest BCUT2D eigenvalue weighted by molar-refractivity contribution is -0.126. The highest BCUT2D eigenvalue weighted by atomic mass is 19.1. The fraction of sp³-hybridized carbons (Fsp3) is 0.429. The van der Waals surface area contributed by atoms with Crippen LogP contribution in [0.4, 0.5) is 10.1 Å². The largest absolute Gasteiger partial charge is 0.478 e. The van der Waals surface area contributed by atoms with Crippen LogP contribution < -0.4 is 10.6 Å². The van der Waals surface area contributed by atoms with E-state index in [0.717, 1.165) is 6.07 Å². The number of carboxylic acids is 1. The normalized spacial score (nSPS) is 17.5. The summed E-state index contributed by atoms with van der Waals surface area (Å²) in [7, 11) is 0. The molecule has 0 saturated carbocycles. The lowest BCUT2D eigenvalue weighted by Crippen LogP contribution is -2.43. The van der Waals surface area contributed by atoms with E-state index in [1.165, 1.54) is 12.1 Å². The Morgan fingerprint density at radius 2 is 2.00 bits per heavy atom. The van der Waals surface area contributed by atoms with Crippen molar-refractivity contribution in [1.82, 2.24) is 5.32 Å². The number of carboxylic acid groups (broad SMARTS) is 1. The van der Waals surface area contributed by atoms with Crippen LogP contribution in [-0.4, -0.2) is 30.1 Å². The van der Waals surface area contributed by atoms with Gasteiger partial charge >= 0.3 is 5.97 Å². The minimum Gasteiger partial charge on any atom is -0.478 e. The predicted molar refractivity (Wildman–Crippen MR) is 72.2 cm³/mol. The number of hydrogen-bond acceptors (Lipinski definition) is 3. The number of anilines is 1. The molecule has 1 aromatic carbocycles. The molecule has 0 bridgehead atoms. The maximum Gasteiger partial charge on any atom is 0.337 e. The number of carbonyl (C=O) groups excluding carboxylic acids is 1. The van der Waals surface area contributed by atoms with Crippen LogP contribution in [0.2, 0.25) is 0 Å². The maximum absolute atomic E-state index is 13.8. The second-order valence-electron chi connectivity index (χ2n) is 5.23. The van der Waals surface area contributed by atoms with E-state index in [0.29, 0.717) is 25.9 Å². The van der Waals surface area contributed by atoms with Crippen LogP contribution in [0.5, 0.6) is 0 Å². The molecule has 1 amide bonds. The van der Waals surface area contributed by atoms with Crippen LogP contribution in [0.1, 0.15) is 30.1 Å². The first kappa shape index (κ1) is 14.5. The second kappa shape index (κ2) is 5.58. The van der Waals surface area contributed by atoms with Crippen molar-refractivity contribution in [2.75, 3.05) is 18.4 Å². The van der Waals surface area contributed by atoms with Crippen molar-refractivity contribution in [1.29, 1.82) is 0 Å². The number of rotatable bonds is 3. The molecule has 3 N–H and O–H groups in total.